The molecule has 1 aromatic carbocycles. The SMILES string of the molecule is N[C@H]1N=C2N=CC(c3ccc(Cl)cc3)=N[C@@H]2C(=O)N1. The van der Waals surface area contributed by atoms with Crippen molar-refractivity contribution in [2.75, 3.05) is 0 Å². The number of amidine groups is 1. The maximum absolute atomic E-state index is 11.8. The number of aliphatic imine (C=N–C) groups is 3. The highest BCUT2D eigenvalue weighted by Crippen LogP contribution is 2.14. The number of nitrogens with one attached hydrogen (secondary N) is 1. The second kappa shape index (κ2) is 4.56. The lowest BCUT2D eigenvalue weighted by Gasteiger charge is -2.24. The van der Waals surface area contributed by atoms with Gasteiger partial charge in [-0.15, -0.1) is 0 Å². The van der Waals surface area contributed by atoms with Crippen molar-refractivity contribution in [3.05, 3.63) is 34.9 Å². The fourth-order valence-electron chi connectivity index (χ4n) is 1.88. The molecule has 0 saturated heterocycles. The molecule has 0 unspecified atom stereocenters. The summed E-state index contributed by atoms with van der Waals surface area (Å²) in [6, 6.07) is 6.43. The van der Waals surface area contributed by atoms with Gasteiger partial charge in [0.25, 0.3) is 5.91 Å². The first-order valence-corrected chi connectivity index (χ1v) is 6.03. The number of rotatable bonds is 1. The minimum Gasteiger partial charge on any atom is -0.320 e. The standard InChI is InChI=1S/C12H10ClN5O/c13-7-3-1-6(2-4-7)8-5-15-10-9(16-8)11(19)18-12(14)17-10/h1-5,9,12H,14H2,(H,18,19)/t9-,12-/m0/s1. The number of nitrogens with two attached hydrogens (primary N) is 1. The van der Waals surface area contributed by atoms with Gasteiger partial charge in [-0.2, -0.15) is 0 Å². The second-order valence-electron chi connectivity index (χ2n) is 4.12. The van der Waals surface area contributed by atoms with Crippen molar-refractivity contribution in [1.82, 2.24) is 5.32 Å². The van der Waals surface area contributed by atoms with E-state index in [-0.39, 0.29) is 5.91 Å². The Hall–Kier alpha value is -2.05. The number of hydrogen-bond acceptors (Lipinski definition) is 5. The minimum absolute atomic E-state index is 0.291. The molecule has 0 aliphatic carbocycles. The molecule has 0 aromatic heterocycles. The molecule has 0 bridgehead atoms. The van der Waals surface area contributed by atoms with Crippen LogP contribution in [0.5, 0.6) is 0 Å². The molecule has 19 heavy (non-hydrogen) atoms. The molecule has 2 heterocycles. The molecule has 3 rings (SSSR count). The molecule has 3 N–H and O–H groups in total. The quantitative estimate of drug-likeness (QED) is 0.774. The van der Waals surface area contributed by atoms with Crippen molar-refractivity contribution in [2.45, 2.75) is 12.3 Å². The summed E-state index contributed by atoms with van der Waals surface area (Å²) < 4.78 is 0. The first-order chi connectivity index (χ1) is 9.13. The molecule has 1 amide bonds. The highest BCUT2D eigenvalue weighted by Gasteiger charge is 2.32. The molecule has 7 heteroatoms. The fourth-order valence-corrected chi connectivity index (χ4v) is 2.00. The van der Waals surface area contributed by atoms with Crippen LogP contribution in [0.1, 0.15) is 5.56 Å². The molecule has 1 aromatic rings. The van der Waals surface area contributed by atoms with Gasteiger partial charge in [0.2, 0.25) is 0 Å². The molecule has 0 fully saturated rings. The summed E-state index contributed by atoms with van der Waals surface area (Å²) in [6.07, 6.45) is 0.826. The average molecular weight is 276 g/mol. The Labute approximate surface area is 114 Å². The third-order valence-corrected chi connectivity index (χ3v) is 3.03. The molecular formula is C12H10ClN5O. The number of benzene rings is 1. The van der Waals surface area contributed by atoms with Crippen LogP contribution in [0, 0.1) is 0 Å². The van der Waals surface area contributed by atoms with Gasteiger partial charge in [0.15, 0.2) is 18.2 Å². The van der Waals surface area contributed by atoms with Crippen LogP contribution in [0.4, 0.5) is 0 Å². The summed E-state index contributed by atoms with van der Waals surface area (Å²) in [5, 5.41) is 3.15. The van der Waals surface area contributed by atoms with Crippen molar-refractivity contribution < 1.29 is 4.79 Å². The number of carbonyl (C=O) groups is 1. The van der Waals surface area contributed by atoms with E-state index in [9.17, 15) is 4.79 Å². The van der Waals surface area contributed by atoms with Gasteiger partial charge in [0, 0.05) is 10.6 Å². The predicted octanol–water partition coefficient (Wildman–Crippen LogP) is 0.353. The maximum atomic E-state index is 11.8. The smallest absolute Gasteiger partial charge is 0.255 e. The topological polar surface area (TPSA) is 92.2 Å². The van der Waals surface area contributed by atoms with Gasteiger partial charge in [0.1, 0.15) is 0 Å². The van der Waals surface area contributed by atoms with Crippen LogP contribution >= 0.6 is 11.6 Å². The highest BCUT2D eigenvalue weighted by atomic mass is 35.5. The number of nitrogens with zero attached hydrogens (tertiary/aromatic N) is 3. The Morgan fingerprint density at radius 1 is 1.21 bits per heavy atom. The van der Waals surface area contributed by atoms with E-state index in [1.807, 2.05) is 12.1 Å². The first kappa shape index (κ1) is 12.0. The van der Waals surface area contributed by atoms with Gasteiger partial charge in [-0.05, 0) is 12.1 Å². The van der Waals surface area contributed by atoms with Crippen LogP contribution in [0.3, 0.4) is 0 Å². The largest absolute Gasteiger partial charge is 0.320 e. The average Bonchev–Trinajstić information content (AvgIpc) is 2.39. The lowest BCUT2D eigenvalue weighted by molar-refractivity contribution is -0.121. The molecule has 2 atom stereocenters. The van der Waals surface area contributed by atoms with E-state index in [4.69, 9.17) is 17.3 Å². The van der Waals surface area contributed by atoms with Crippen molar-refractivity contribution >= 4 is 35.3 Å². The number of halogens is 1. The van der Waals surface area contributed by atoms with Crippen LogP contribution in [-0.2, 0) is 4.79 Å². The summed E-state index contributed by atoms with van der Waals surface area (Å²) in [5.74, 6) is 0.0507. The lowest BCUT2D eigenvalue weighted by atomic mass is 10.1. The number of carbonyl (C=O) groups excluding carboxylic acids is 1. The van der Waals surface area contributed by atoms with E-state index >= 15 is 0 Å². The molecular weight excluding hydrogens is 266 g/mol. The fraction of sp³-hybridized carbons (Fsp3) is 0.167. The summed E-state index contributed by atoms with van der Waals surface area (Å²) in [7, 11) is 0. The number of amides is 1. The molecule has 2 aliphatic heterocycles. The Morgan fingerprint density at radius 3 is 2.68 bits per heavy atom. The zero-order valence-electron chi connectivity index (χ0n) is 9.75. The Kier molecular flexibility index (Phi) is 2.88. The maximum Gasteiger partial charge on any atom is 0.255 e. The molecule has 0 spiro atoms. The van der Waals surface area contributed by atoms with E-state index in [0.717, 1.165) is 5.56 Å². The summed E-state index contributed by atoms with van der Waals surface area (Å²) in [6.45, 7) is 0. The van der Waals surface area contributed by atoms with Crippen LogP contribution in [0.15, 0.2) is 39.2 Å². The van der Waals surface area contributed by atoms with E-state index in [1.165, 1.54) is 0 Å². The second-order valence-corrected chi connectivity index (χ2v) is 4.56. The Balaban J connectivity index is 1.96. The van der Waals surface area contributed by atoms with Gasteiger partial charge >= 0.3 is 0 Å². The zero-order valence-corrected chi connectivity index (χ0v) is 10.5. The van der Waals surface area contributed by atoms with Gasteiger partial charge in [-0.25, -0.2) is 9.98 Å². The van der Waals surface area contributed by atoms with Crippen molar-refractivity contribution in [1.29, 1.82) is 0 Å². The van der Waals surface area contributed by atoms with Gasteiger partial charge in [-0.3, -0.25) is 15.5 Å². The summed E-state index contributed by atoms with van der Waals surface area (Å²) in [5.41, 5.74) is 7.00. The molecule has 0 saturated carbocycles. The lowest BCUT2D eigenvalue weighted by Crippen LogP contribution is -2.53. The summed E-state index contributed by atoms with van der Waals surface area (Å²) >= 11 is 5.83. The predicted molar refractivity (Wildman–Crippen MR) is 73.8 cm³/mol. The molecule has 6 nitrogen and oxygen atoms in total. The highest BCUT2D eigenvalue weighted by molar-refractivity contribution is 6.42. The van der Waals surface area contributed by atoms with Crippen LogP contribution in [0.25, 0.3) is 0 Å². The van der Waals surface area contributed by atoms with Crippen molar-refractivity contribution in [3.63, 3.8) is 0 Å². The monoisotopic (exact) mass is 275 g/mol. The number of fused-ring (bicyclic) bond motifs is 1. The van der Waals surface area contributed by atoms with Gasteiger partial charge in [0.05, 0.1) is 11.9 Å². The van der Waals surface area contributed by atoms with Crippen molar-refractivity contribution in [2.24, 2.45) is 20.7 Å². The molecule has 0 radical (unpaired) electrons. The van der Waals surface area contributed by atoms with Crippen molar-refractivity contribution in [3.8, 4) is 0 Å². The van der Waals surface area contributed by atoms with E-state index in [1.54, 1.807) is 18.3 Å². The van der Waals surface area contributed by atoms with E-state index in [2.05, 4.69) is 20.3 Å². The van der Waals surface area contributed by atoms with Crippen LogP contribution in [-0.4, -0.2) is 36.0 Å². The normalized spacial score (nSPS) is 25.3. The Morgan fingerprint density at radius 2 is 1.95 bits per heavy atom. The van der Waals surface area contributed by atoms with E-state index < -0.39 is 12.3 Å². The molecule has 96 valence electrons. The number of hydrogen-bond donors (Lipinski definition) is 2. The molecule has 2 aliphatic rings. The van der Waals surface area contributed by atoms with E-state index in [0.29, 0.717) is 16.6 Å². The Bertz CT molecular complexity index is 620. The van der Waals surface area contributed by atoms with Crippen LogP contribution in [0.2, 0.25) is 5.02 Å². The van der Waals surface area contributed by atoms with Gasteiger partial charge < -0.3 is 5.32 Å². The third-order valence-electron chi connectivity index (χ3n) is 2.78. The summed E-state index contributed by atoms with van der Waals surface area (Å²) in [4.78, 5) is 24.3. The minimum atomic E-state index is -0.747. The van der Waals surface area contributed by atoms with Crippen LogP contribution < -0.4 is 11.1 Å². The zero-order chi connectivity index (χ0) is 13.4. The first-order valence-electron chi connectivity index (χ1n) is 5.65. The van der Waals surface area contributed by atoms with Gasteiger partial charge in [-0.1, -0.05) is 23.7 Å². The third kappa shape index (κ3) is 2.27.